The SMILES string of the molecule is CCCCCCC(C)(C)c1cc(OC)c(C(=O)O)c(OC)c1. The van der Waals surface area contributed by atoms with Gasteiger partial charge in [-0.2, -0.15) is 0 Å². The van der Waals surface area contributed by atoms with Crippen molar-refractivity contribution in [3.63, 3.8) is 0 Å². The molecule has 22 heavy (non-hydrogen) atoms. The summed E-state index contributed by atoms with van der Waals surface area (Å²) >= 11 is 0. The first-order valence-electron chi connectivity index (χ1n) is 7.87. The average molecular weight is 308 g/mol. The number of carbonyl (C=O) groups is 1. The van der Waals surface area contributed by atoms with Crippen molar-refractivity contribution >= 4 is 5.97 Å². The van der Waals surface area contributed by atoms with E-state index >= 15 is 0 Å². The van der Waals surface area contributed by atoms with Crippen LogP contribution in [-0.4, -0.2) is 25.3 Å². The van der Waals surface area contributed by atoms with Crippen LogP contribution in [0.4, 0.5) is 0 Å². The zero-order valence-electron chi connectivity index (χ0n) is 14.4. The molecule has 0 fully saturated rings. The highest BCUT2D eigenvalue weighted by atomic mass is 16.5. The molecule has 0 radical (unpaired) electrons. The van der Waals surface area contributed by atoms with Crippen LogP contribution in [-0.2, 0) is 5.41 Å². The fraction of sp³-hybridized carbons (Fsp3) is 0.611. The van der Waals surface area contributed by atoms with Gasteiger partial charge in [-0.25, -0.2) is 4.79 Å². The third kappa shape index (κ3) is 4.39. The first kappa shape index (κ1) is 18.3. The highest BCUT2D eigenvalue weighted by molar-refractivity contribution is 5.94. The Morgan fingerprint density at radius 1 is 1.09 bits per heavy atom. The van der Waals surface area contributed by atoms with Crippen LogP contribution in [0, 0.1) is 0 Å². The van der Waals surface area contributed by atoms with Crippen molar-refractivity contribution in [3.05, 3.63) is 23.3 Å². The standard InChI is InChI=1S/C18H28O4/c1-6-7-8-9-10-18(2,3)13-11-14(21-4)16(17(19)20)15(12-13)22-5/h11-12H,6-10H2,1-5H3,(H,19,20). The second-order valence-electron chi connectivity index (χ2n) is 6.26. The van der Waals surface area contributed by atoms with E-state index in [4.69, 9.17) is 9.47 Å². The lowest BCUT2D eigenvalue weighted by Gasteiger charge is -2.27. The van der Waals surface area contributed by atoms with Crippen molar-refractivity contribution in [1.82, 2.24) is 0 Å². The molecule has 4 heteroatoms. The molecule has 1 aromatic carbocycles. The van der Waals surface area contributed by atoms with E-state index in [0.29, 0.717) is 11.5 Å². The number of rotatable bonds is 9. The highest BCUT2D eigenvalue weighted by Crippen LogP contribution is 2.38. The maximum absolute atomic E-state index is 11.4. The molecule has 1 N–H and O–H groups in total. The Bertz CT molecular complexity index is 481. The van der Waals surface area contributed by atoms with Gasteiger partial charge in [-0.3, -0.25) is 0 Å². The Kier molecular flexibility index (Phi) is 6.72. The van der Waals surface area contributed by atoms with Crippen LogP contribution < -0.4 is 9.47 Å². The normalized spacial score (nSPS) is 11.3. The number of carboxylic acids is 1. The minimum atomic E-state index is -1.04. The summed E-state index contributed by atoms with van der Waals surface area (Å²) in [5.74, 6) is -0.340. The van der Waals surface area contributed by atoms with Gasteiger partial charge >= 0.3 is 5.97 Å². The Morgan fingerprint density at radius 3 is 2.05 bits per heavy atom. The van der Waals surface area contributed by atoms with Gasteiger partial charge in [-0.05, 0) is 29.5 Å². The van der Waals surface area contributed by atoms with Gasteiger partial charge in [0.1, 0.15) is 17.1 Å². The molecule has 0 spiro atoms. The third-order valence-corrected chi connectivity index (χ3v) is 4.16. The van der Waals surface area contributed by atoms with E-state index in [1.165, 1.54) is 33.5 Å². The zero-order valence-corrected chi connectivity index (χ0v) is 14.4. The molecule has 0 saturated carbocycles. The molecule has 0 heterocycles. The number of aromatic carboxylic acids is 1. The van der Waals surface area contributed by atoms with E-state index < -0.39 is 5.97 Å². The van der Waals surface area contributed by atoms with Crippen LogP contribution in [0.1, 0.15) is 68.8 Å². The fourth-order valence-electron chi connectivity index (χ4n) is 2.65. The lowest BCUT2D eigenvalue weighted by Crippen LogP contribution is -2.18. The van der Waals surface area contributed by atoms with E-state index in [1.54, 1.807) is 0 Å². The average Bonchev–Trinajstić information content (AvgIpc) is 2.49. The summed E-state index contributed by atoms with van der Waals surface area (Å²) in [6, 6.07) is 3.65. The monoisotopic (exact) mass is 308 g/mol. The smallest absolute Gasteiger partial charge is 0.343 e. The highest BCUT2D eigenvalue weighted by Gasteiger charge is 2.26. The summed E-state index contributed by atoms with van der Waals surface area (Å²) in [5.41, 5.74) is 1.07. The quantitative estimate of drug-likeness (QED) is 0.675. The first-order valence-corrected chi connectivity index (χ1v) is 7.87. The molecule has 0 aliphatic heterocycles. The minimum Gasteiger partial charge on any atom is -0.496 e. The van der Waals surface area contributed by atoms with Crippen LogP contribution >= 0.6 is 0 Å². The number of unbranched alkanes of at least 4 members (excludes halogenated alkanes) is 3. The number of hydrogen-bond donors (Lipinski definition) is 1. The van der Waals surface area contributed by atoms with Crippen LogP contribution in [0.25, 0.3) is 0 Å². The summed E-state index contributed by atoms with van der Waals surface area (Å²) in [6.45, 7) is 6.55. The molecule has 0 atom stereocenters. The van der Waals surface area contributed by atoms with E-state index in [2.05, 4.69) is 20.8 Å². The largest absolute Gasteiger partial charge is 0.496 e. The number of ether oxygens (including phenoxy) is 2. The van der Waals surface area contributed by atoms with Crippen molar-refractivity contribution in [2.45, 2.75) is 58.3 Å². The van der Waals surface area contributed by atoms with Crippen LogP contribution in [0.5, 0.6) is 11.5 Å². The number of hydrogen-bond acceptors (Lipinski definition) is 3. The van der Waals surface area contributed by atoms with Gasteiger partial charge in [0.2, 0.25) is 0 Å². The molecule has 0 aliphatic rings. The molecule has 124 valence electrons. The molecule has 0 aromatic heterocycles. The molecule has 1 aromatic rings. The number of benzene rings is 1. The van der Waals surface area contributed by atoms with Gasteiger partial charge in [0.25, 0.3) is 0 Å². The summed E-state index contributed by atoms with van der Waals surface area (Å²) in [5, 5.41) is 9.34. The minimum absolute atomic E-state index is 0.0503. The summed E-state index contributed by atoms with van der Waals surface area (Å²) < 4.78 is 10.5. The maximum Gasteiger partial charge on any atom is 0.343 e. The Labute approximate surface area is 133 Å². The molecule has 0 aliphatic carbocycles. The topological polar surface area (TPSA) is 55.8 Å². The Balaban J connectivity index is 3.11. The second-order valence-corrected chi connectivity index (χ2v) is 6.26. The van der Waals surface area contributed by atoms with Gasteiger partial charge in [0.15, 0.2) is 0 Å². The van der Waals surface area contributed by atoms with E-state index in [0.717, 1.165) is 18.4 Å². The predicted molar refractivity (Wildman–Crippen MR) is 88.3 cm³/mol. The fourth-order valence-corrected chi connectivity index (χ4v) is 2.65. The van der Waals surface area contributed by atoms with Gasteiger partial charge in [-0.1, -0.05) is 46.5 Å². The lowest BCUT2D eigenvalue weighted by molar-refractivity contribution is 0.0689. The summed E-state index contributed by atoms with van der Waals surface area (Å²) in [7, 11) is 2.97. The van der Waals surface area contributed by atoms with Crippen molar-refractivity contribution in [2.24, 2.45) is 0 Å². The van der Waals surface area contributed by atoms with Crippen molar-refractivity contribution in [2.75, 3.05) is 14.2 Å². The van der Waals surface area contributed by atoms with Crippen molar-refractivity contribution in [3.8, 4) is 11.5 Å². The first-order chi connectivity index (χ1) is 10.4. The Hall–Kier alpha value is -1.71. The zero-order chi connectivity index (χ0) is 16.8. The molecule has 0 saturated heterocycles. The van der Waals surface area contributed by atoms with Crippen molar-refractivity contribution in [1.29, 1.82) is 0 Å². The van der Waals surface area contributed by atoms with E-state index in [1.807, 2.05) is 12.1 Å². The molecule has 0 amide bonds. The summed E-state index contributed by atoms with van der Waals surface area (Å²) in [6.07, 6.45) is 5.90. The van der Waals surface area contributed by atoms with Gasteiger partial charge in [0, 0.05) is 0 Å². The van der Waals surface area contributed by atoms with E-state index in [-0.39, 0.29) is 11.0 Å². The summed E-state index contributed by atoms with van der Waals surface area (Å²) in [4.78, 5) is 11.4. The molecule has 0 bridgehead atoms. The van der Waals surface area contributed by atoms with Crippen LogP contribution in [0.2, 0.25) is 0 Å². The van der Waals surface area contributed by atoms with E-state index in [9.17, 15) is 9.90 Å². The molecular weight excluding hydrogens is 280 g/mol. The lowest BCUT2D eigenvalue weighted by atomic mass is 9.79. The molecular formula is C18H28O4. The second kappa shape index (κ2) is 8.06. The number of methoxy groups -OCH3 is 2. The molecule has 0 unspecified atom stereocenters. The predicted octanol–water partition coefficient (Wildman–Crippen LogP) is 4.65. The van der Waals surface area contributed by atoms with Gasteiger partial charge in [-0.15, -0.1) is 0 Å². The van der Waals surface area contributed by atoms with Gasteiger partial charge in [0.05, 0.1) is 14.2 Å². The maximum atomic E-state index is 11.4. The van der Waals surface area contributed by atoms with Crippen LogP contribution in [0.15, 0.2) is 12.1 Å². The number of carboxylic acid groups (broad SMARTS) is 1. The van der Waals surface area contributed by atoms with Crippen LogP contribution in [0.3, 0.4) is 0 Å². The molecule has 4 nitrogen and oxygen atoms in total. The third-order valence-electron chi connectivity index (χ3n) is 4.16. The molecule has 1 rings (SSSR count). The van der Waals surface area contributed by atoms with Gasteiger partial charge < -0.3 is 14.6 Å². The Morgan fingerprint density at radius 2 is 1.64 bits per heavy atom. The van der Waals surface area contributed by atoms with Crippen molar-refractivity contribution < 1.29 is 19.4 Å².